The lowest BCUT2D eigenvalue weighted by Crippen LogP contribution is -2.10. The third-order valence-electron chi connectivity index (χ3n) is 1.09. The van der Waals surface area contributed by atoms with Gasteiger partial charge in [0, 0.05) is 0 Å². The van der Waals surface area contributed by atoms with Gasteiger partial charge in [0.25, 0.3) is 0 Å². The van der Waals surface area contributed by atoms with Crippen molar-refractivity contribution in [2.75, 3.05) is 5.29 Å². The fraction of sp³-hybridized carbons (Fsp3) is 0. The lowest BCUT2D eigenvalue weighted by Gasteiger charge is -2.07. The number of rotatable bonds is 3. The zero-order chi connectivity index (χ0) is 8.10. The van der Waals surface area contributed by atoms with Crippen molar-refractivity contribution in [2.45, 2.75) is 0 Å². The summed E-state index contributed by atoms with van der Waals surface area (Å²) in [5, 5.41) is -0.104. The van der Waals surface area contributed by atoms with Crippen LogP contribution in [-0.2, 0) is 9.63 Å². The predicted octanol–water partition coefficient (Wildman–Crippen LogP) is 1.47. The quantitative estimate of drug-likeness (QED) is 0.376. The molecule has 1 aromatic carbocycles. The van der Waals surface area contributed by atoms with Crippen LogP contribution in [-0.4, -0.2) is 6.47 Å². The van der Waals surface area contributed by atoms with Gasteiger partial charge < -0.3 is 4.84 Å². The Hall–Kier alpha value is -1.58. The van der Waals surface area contributed by atoms with E-state index >= 15 is 0 Å². The van der Waals surface area contributed by atoms with E-state index in [1.54, 1.807) is 18.2 Å². The minimum absolute atomic E-state index is 0.0208. The predicted molar refractivity (Wildman–Crippen MR) is 37.2 cm³/mol. The number of halogens is 1. The molecule has 1 aromatic rings. The number of carbonyl (C=O) groups excluding carboxylic acids is 1. The molecule has 11 heavy (non-hydrogen) atoms. The molecule has 1 rings (SSSR count). The van der Waals surface area contributed by atoms with Gasteiger partial charge in [0.15, 0.2) is 0 Å². The Morgan fingerprint density at radius 1 is 1.36 bits per heavy atom. The number of hydrogen-bond acceptors (Lipinski definition) is 3. The van der Waals surface area contributed by atoms with E-state index in [1.165, 1.54) is 12.1 Å². The number of carbonyl (C=O) groups is 1. The number of para-hydroxylation sites is 1. The number of anilines is 1. The third kappa shape index (κ3) is 1.93. The van der Waals surface area contributed by atoms with Gasteiger partial charge in [-0.1, -0.05) is 22.7 Å². The van der Waals surface area contributed by atoms with Gasteiger partial charge in [-0.15, -0.1) is 0 Å². The minimum atomic E-state index is -0.104. The van der Waals surface area contributed by atoms with Crippen LogP contribution >= 0.6 is 0 Å². The Morgan fingerprint density at radius 2 is 2.00 bits per heavy atom. The van der Waals surface area contributed by atoms with E-state index in [-0.39, 0.29) is 17.4 Å². The van der Waals surface area contributed by atoms with Crippen LogP contribution in [0.4, 0.5) is 10.2 Å². The molecule has 0 saturated carbocycles. The zero-order valence-electron chi connectivity index (χ0n) is 5.61. The van der Waals surface area contributed by atoms with Gasteiger partial charge in [0.05, 0.1) is 0 Å². The normalized spacial score (nSPS) is 8.82. The maximum Gasteiger partial charge on any atom is 0.324 e. The molecule has 0 aliphatic rings. The second kappa shape index (κ2) is 3.55. The fourth-order valence-corrected chi connectivity index (χ4v) is 0.644. The van der Waals surface area contributed by atoms with Crippen molar-refractivity contribution >= 4 is 12.2 Å². The van der Waals surface area contributed by atoms with Gasteiger partial charge in [-0.25, -0.2) is 0 Å². The lowest BCUT2D eigenvalue weighted by molar-refractivity contribution is -0.135. The van der Waals surface area contributed by atoms with Crippen molar-refractivity contribution in [3.63, 3.8) is 0 Å². The third-order valence-corrected chi connectivity index (χ3v) is 1.09. The molecule has 0 bridgehead atoms. The van der Waals surface area contributed by atoms with Crippen molar-refractivity contribution in [1.82, 2.24) is 0 Å². The fourth-order valence-electron chi connectivity index (χ4n) is 0.644. The Balaban J connectivity index is 2.68. The number of nitrogens with zero attached hydrogens (tertiary/aromatic N) is 1. The molecule has 58 valence electrons. The van der Waals surface area contributed by atoms with Crippen LogP contribution in [0.1, 0.15) is 0 Å². The highest BCUT2D eigenvalue weighted by atomic mass is 19.2. The van der Waals surface area contributed by atoms with Crippen LogP contribution < -0.4 is 5.29 Å². The van der Waals surface area contributed by atoms with Crippen molar-refractivity contribution in [3.8, 4) is 0 Å². The first kappa shape index (κ1) is 7.53. The molecule has 0 spiro atoms. The molecule has 0 aromatic heterocycles. The Bertz CT molecular complexity index is 227. The highest BCUT2D eigenvalue weighted by Crippen LogP contribution is 2.12. The van der Waals surface area contributed by atoms with E-state index in [1.807, 2.05) is 0 Å². The lowest BCUT2D eigenvalue weighted by atomic mass is 10.3. The van der Waals surface area contributed by atoms with Gasteiger partial charge in [-0.2, -0.15) is 0 Å². The summed E-state index contributed by atoms with van der Waals surface area (Å²) in [7, 11) is 0. The average molecular weight is 155 g/mol. The maximum absolute atomic E-state index is 12.5. The Kier molecular flexibility index (Phi) is 2.43. The molecule has 0 aliphatic heterocycles. The average Bonchev–Trinajstić information content (AvgIpc) is 2.07. The SMILES string of the molecule is O=CON(F)c1ccccc1. The molecule has 0 N–H and O–H groups in total. The Labute approximate surface area is 62.9 Å². The maximum atomic E-state index is 12.5. The van der Waals surface area contributed by atoms with Gasteiger partial charge in [-0.3, -0.25) is 4.79 Å². The van der Waals surface area contributed by atoms with Gasteiger partial charge >= 0.3 is 6.47 Å². The van der Waals surface area contributed by atoms with E-state index in [2.05, 4.69) is 4.84 Å². The minimum Gasteiger partial charge on any atom is -0.314 e. The summed E-state index contributed by atoms with van der Waals surface area (Å²) < 4.78 is 12.5. The van der Waals surface area contributed by atoms with Gasteiger partial charge in [0.1, 0.15) is 5.69 Å². The molecule has 0 heterocycles. The summed E-state index contributed by atoms with van der Waals surface area (Å²) in [6.07, 6.45) is 0. The summed E-state index contributed by atoms with van der Waals surface area (Å²) in [5.74, 6) is 0. The molecule has 0 radical (unpaired) electrons. The van der Waals surface area contributed by atoms with Crippen molar-refractivity contribution in [2.24, 2.45) is 0 Å². The van der Waals surface area contributed by atoms with Crippen LogP contribution in [0.25, 0.3) is 0 Å². The molecule has 0 unspecified atom stereocenters. The first-order valence-corrected chi connectivity index (χ1v) is 2.96. The second-order valence-corrected chi connectivity index (χ2v) is 1.78. The molecule has 0 saturated heterocycles. The molecule has 0 fully saturated rings. The van der Waals surface area contributed by atoms with Crippen LogP contribution in [0.3, 0.4) is 0 Å². The highest BCUT2D eigenvalue weighted by molar-refractivity contribution is 5.46. The van der Waals surface area contributed by atoms with Crippen LogP contribution in [0.15, 0.2) is 30.3 Å². The topological polar surface area (TPSA) is 29.5 Å². The Morgan fingerprint density at radius 3 is 2.55 bits per heavy atom. The van der Waals surface area contributed by atoms with Crippen LogP contribution in [0, 0.1) is 0 Å². The number of hydrogen-bond donors (Lipinski definition) is 0. The zero-order valence-corrected chi connectivity index (χ0v) is 5.61. The van der Waals surface area contributed by atoms with E-state index in [0.29, 0.717) is 0 Å². The molecular formula is C7H6FNO2. The first-order chi connectivity index (χ1) is 5.34. The van der Waals surface area contributed by atoms with Crippen LogP contribution in [0.2, 0.25) is 0 Å². The second-order valence-electron chi connectivity index (χ2n) is 1.78. The van der Waals surface area contributed by atoms with Crippen LogP contribution in [0.5, 0.6) is 0 Å². The van der Waals surface area contributed by atoms with E-state index in [9.17, 15) is 9.28 Å². The smallest absolute Gasteiger partial charge is 0.314 e. The summed E-state index contributed by atoms with van der Waals surface area (Å²) >= 11 is 0. The molecule has 0 atom stereocenters. The molecule has 0 amide bonds. The monoisotopic (exact) mass is 155 g/mol. The van der Waals surface area contributed by atoms with Gasteiger partial charge in [-0.05, 0) is 17.4 Å². The summed E-state index contributed by atoms with van der Waals surface area (Å²) in [4.78, 5) is 13.6. The molecule has 3 nitrogen and oxygen atoms in total. The van der Waals surface area contributed by atoms with Crippen molar-refractivity contribution in [3.05, 3.63) is 30.3 Å². The molecule has 0 aliphatic carbocycles. The van der Waals surface area contributed by atoms with Crippen molar-refractivity contribution in [1.29, 1.82) is 0 Å². The standard InChI is InChI=1S/C7H6FNO2/c8-9(11-6-10)7-4-2-1-3-5-7/h1-6H. The molecule has 4 heteroatoms. The number of benzene rings is 1. The highest BCUT2D eigenvalue weighted by Gasteiger charge is 2.01. The van der Waals surface area contributed by atoms with E-state index < -0.39 is 0 Å². The van der Waals surface area contributed by atoms with Gasteiger partial charge in [0.2, 0.25) is 0 Å². The summed E-state index contributed by atoms with van der Waals surface area (Å²) in [6.45, 7) is 0.0208. The summed E-state index contributed by atoms with van der Waals surface area (Å²) in [6, 6.07) is 7.96. The largest absolute Gasteiger partial charge is 0.324 e. The van der Waals surface area contributed by atoms with Crippen molar-refractivity contribution < 1.29 is 14.1 Å². The summed E-state index contributed by atoms with van der Waals surface area (Å²) in [5.41, 5.74) is 0.180. The van der Waals surface area contributed by atoms with E-state index in [4.69, 9.17) is 0 Å². The molecular weight excluding hydrogens is 149 g/mol. The first-order valence-electron chi connectivity index (χ1n) is 2.96. The van der Waals surface area contributed by atoms with E-state index in [0.717, 1.165) is 0 Å².